The van der Waals surface area contributed by atoms with Gasteiger partial charge in [-0.15, -0.1) is 0 Å². The van der Waals surface area contributed by atoms with Crippen LogP contribution in [0.15, 0.2) is 0 Å². The minimum absolute atomic E-state index is 0.453. The van der Waals surface area contributed by atoms with Gasteiger partial charge in [-0.05, 0) is 31.1 Å². The molecule has 1 fully saturated rings. The van der Waals surface area contributed by atoms with Crippen LogP contribution in [0.3, 0.4) is 0 Å². The number of nitrogens with one attached hydrogen (secondary N) is 2. The lowest BCUT2D eigenvalue weighted by Crippen LogP contribution is -2.29. The number of hydrogen-bond donors (Lipinski definition) is 2. The summed E-state index contributed by atoms with van der Waals surface area (Å²) in [5.74, 6) is 2.11. The molecular formula is C14H28N2O. The van der Waals surface area contributed by atoms with Gasteiger partial charge in [0.25, 0.3) is 0 Å². The van der Waals surface area contributed by atoms with Crippen molar-refractivity contribution in [2.75, 3.05) is 19.8 Å². The normalized spacial score (nSPS) is 24.6. The highest BCUT2D eigenvalue weighted by atomic mass is 16.5. The fraction of sp³-hybridized carbons (Fsp3) is 0.929. The Bertz CT molecular complexity index is 218. The summed E-state index contributed by atoms with van der Waals surface area (Å²) in [5.41, 5.74) is 0. The monoisotopic (exact) mass is 240 g/mol. The van der Waals surface area contributed by atoms with Gasteiger partial charge in [0.05, 0.1) is 6.61 Å². The fourth-order valence-corrected chi connectivity index (χ4v) is 2.51. The molecule has 0 aromatic rings. The molecule has 2 unspecified atom stereocenters. The molecule has 0 spiro atoms. The summed E-state index contributed by atoms with van der Waals surface area (Å²) in [4.78, 5) is 0. The van der Waals surface area contributed by atoms with Crippen molar-refractivity contribution in [1.29, 1.82) is 5.41 Å². The van der Waals surface area contributed by atoms with Gasteiger partial charge in [0, 0.05) is 6.54 Å². The number of unbranched alkanes of at least 4 members (excludes halogenated alkanes) is 1. The van der Waals surface area contributed by atoms with Crippen LogP contribution in [0.1, 0.15) is 52.4 Å². The molecule has 0 bridgehead atoms. The Balaban J connectivity index is 2.00. The van der Waals surface area contributed by atoms with E-state index < -0.39 is 0 Å². The van der Waals surface area contributed by atoms with Gasteiger partial charge < -0.3 is 10.1 Å². The molecule has 0 aromatic carbocycles. The van der Waals surface area contributed by atoms with Gasteiger partial charge >= 0.3 is 0 Å². The van der Waals surface area contributed by atoms with E-state index in [1.807, 2.05) is 0 Å². The number of ether oxygens (including phenoxy) is 1. The summed E-state index contributed by atoms with van der Waals surface area (Å²) >= 11 is 0. The molecular weight excluding hydrogens is 212 g/mol. The SMILES string of the molecule is CCCCNC(=N)COCC1CCCC(C)C1. The molecule has 0 saturated heterocycles. The van der Waals surface area contributed by atoms with Gasteiger partial charge in [-0.3, -0.25) is 5.41 Å². The lowest BCUT2D eigenvalue weighted by Gasteiger charge is -2.26. The van der Waals surface area contributed by atoms with Crippen LogP contribution in [0.2, 0.25) is 0 Å². The maximum absolute atomic E-state index is 7.69. The lowest BCUT2D eigenvalue weighted by atomic mass is 9.83. The molecule has 2 N–H and O–H groups in total. The van der Waals surface area contributed by atoms with E-state index >= 15 is 0 Å². The molecule has 1 saturated carbocycles. The number of rotatable bonds is 7. The Morgan fingerprint density at radius 3 is 2.94 bits per heavy atom. The molecule has 0 amide bonds. The standard InChI is InChI=1S/C14H28N2O/c1-3-4-8-16-14(15)11-17-10-13-7-5-6-12(2)9-13/h12-13H,3-11H2,1-2H3,(H2,15,16). The van der Waals surface area contributed by atoms with Crippen molar-refractivity contribution in [1.82, 2.24) is 5.32 Å². The van der Waals surface area contributed by atoms with E-state index in [-0.39, 0.29) is 0 Å². The van der Waals surface area contributed by atoms with Gasteiger partial charge in [0.1, 0.15) is 12.4 Å². The van der Waals surface area contributed by atoms with E-state index in [0.717, 1.165) is 31.4 Å². The first-order valence-corrected chi connectivity index (χ1v) is 7.11. The Hall–Kier alpha value is -0.570. The minimum atomic E-state index is 0.453. The van der Waals surface area contributed by atoms with Crippen LogP contribution >= 0.6 is 0 Å². The predicted octanol–water partition coefficient (Wildman–Crippen LogP) is 3.20. The zero-order valence-corrected chi connectivity index (χ0v) is 11.4. The Morgan fingerprint density at radius 2 is 2.24 bits per heavy atom. The number of hydrogen-bond acceptors (Lipinski definition) is 2. The fourth-order valence-electron chi connectivity index (χ4n) is 2.51. The van der Waals surface area contributed by atoms with Crippen molar-refractivity contribution < 1.29 is 4.74 Å². The summed E-state index contributed by atoms with van der Waals surface area (Å²) in [6.45, 7) is 6.68. The molecule has 0 aromatic heterocycles. The van der Waals surface area contributed by atoms with Crippen LogP contribution in [0.5, 0.6) is 0 Å². The van der Waals surface area contributed by atoms with Gasteiger partial charge in [0.15, 0.2) is 0 Å². The van der Waals surface area contributed by atoms with Crippen molar-refractivity contribution in [3.63, 3.8) is 0 Å². The Morgan fingerprint density at radius 1 is 1.41 bits per heavy atom. The molecule has 17 heavy (non-hydrogen) atoms. The van der Waals surface area contributed by atoms with Crippen molar-refractivity contribution in [3.05, 3.63) is 0 Å². The first-order chi connectivity index (χ1) is 8.22. The predicted molar refractivity (Wildman–Crippen MR) is 72.6 cm³/mol. The number of amidine groups is 1. The van der Waals surface area contributed by atoms with Crippen molar-refractivity contribution in [3.8, 4) is 0 Å². The van der Waals surface area contributed by atoms with Crippen LogP contribution < -0.4 is 5.32 Å². The van der Waals surface area contributed by atoms with E-state index in [2.05, 4.69) is 19.2 Å². The van der Waals surface area contributed by atoms with Crippen molar-refractivity contribution in [2.45, 2.75) is 52.4 Å². The average molecular weight is 240 g/mol. The molecule has 100 valence electrons. The largest absolute Gasteiger partial charge is 0.373 e. The maximum Gasteiger partial charge on any atom is 0.120 e. The van der Waals surface area contributed by atoms with E-state index in [1.165, 1.54) is 32.1 Å². The van der Waals surface area contributed by atoms with E-state index in [1.54, 1.807) is 0 Å². The zero-order valence-electron chi connectivity index (χ0n) is 11.4. The molecule has 3 nitrogen and oxygen atoms in total. The van der Waals surface area contributed by atoms with Gasteiger partial charge in [-0.25, -0.2) is 0 Å². The minimum Gasteiger partial charge on any atom is -0.373 e. The summed E-state index contributed by atoms with van der Waals surface area (Å²) in [6, 6.07) is 0. The zero-order chi connectivity index (χ0) is 12.5. The first-order valence-electron chi connectivity index (χ1n) is 7.11. The summed E-state index contributed by atoms with van der Waals surface area (Å²) in [6.07, 6.45) is 7.63. The molecule has 3 heteroatoms. The quantitative estimate of drug-likeness (QED) is 0.408. The van der Waals surface area contributed by atoms with Gasteiger partial charge in [-0.2, -0.15) is 0 Å². The Labute approximate surface area is 106 Å². The first kappa shape index (κ1) is 14.5. The average Bonchev–Trinajstić information content (AvgIpc) is 2.29. The smallest absolute Gasteiger partial charge is 0.120 e. The second kappa shape index (κ2) is 8.51. The third kappa shape index (κ3) is 6.67. The van der Waals surface area contributed by atoms with Crippen LogP contribution in [0, 0.1) is 17.2 Å². The van der Waals surface area contributed by atoms with Gasteiger partial charge in [-0.1, -0.05) is 33.1 Å². The summed E-state index contributed by atoms with van der Waals surface area (Å²) in [5, 5.41) is 10.8. The highest BCUT2D eigenvalue weighted by Gasteiger charge is 2.18. The van der Waals surface area contributed by atoms with E-state index in [9.17, 15) is 0 Å². The van der Waals surface area contributed by atoms with Crippen LogP contribution in [-0.2, 0) is 4.74 Å². The topological polar surface area (TPSA) is 45.1 Å². The molecule has 0 aliphatic heterocycles. The van der Waals surface area contributed by atoms with Crippen molar-refractivity contribution in [2.24, 2.45) is 11.8 Å². The summed E-state index contributed by atoms with van der Waals surface area (Å²) < 4.78 is 5.63. The van der Waals surface area contributed by atoms with E-state index in [4.69, 9.17) is 10.1 Å². The highest BCUT2D eigenvalue weighted by molar-refractivity contribution is 5.80. The third-order valence-electron chi connectivity index (χ3n) is 3.51. The molecule has 0 heterocycles. The molecule has 0 radical (unpaired) electrons. The molecule has 1 aliphatic rings. The maximum atomic E-state index is 7.69. The summed E-state index contributed by atoms with van der Waals surface area (Å²) in [7, 11) is 0. The highest BCUT2D eigenvalue weighted by Crippen LogP contribution is 2.28. The van der Waals surface area contributed by atoms with E-state index in [0.29, 0.717) is 12.4 Å². The molecule has 1 aliphatic carbocycles. The molecule has 1 rings (SSSR count). The van der Waals surface area contributed by atoms with Gasteiger partial charge in [0.2, 0.25) is 0 Å². The van der Waals surface area contributed by atoms with Crippen molar-refractivity contribution >= 4 is 5.84 Å². The van der Waals surface area contributed by atoms with Crippen LogP contribution in [0.25, 0.3) is 0 Å². The third-order valence-corrected chi connectivity index (χ3v) is 3.51. The van der Waals surface area contributed by atoms with Crippen LogP contribution in [-0.4, -0.2) is 25.6 Å². The molecule has 2 atom stereocenters. The second-order valence-electron chi connectivity index (χ2n) is 5.41. The Kier molecular flexibility index (Phi) is 7.25. The van der Waals surface area contributed by atoms with Crippen LogP contribution in [0.4, 0.5) is 0 Å². The lowest BCUT2D eigenvalue weighted by molar-refractivity contribution is 0.0994. The second-order valence-corrected chi connectivity index (χ2v) is 5.41.